The average Bonchev–Trinajstić information content (AvgIpc) is 2.58. The molecule has 0 bridgehead atoms. The van der Waals surface area contributed by atoms with E-state index in [2.05, 4.69) is 10.9 Å². The number of ether oxygens (including phenoxy) is 1. The molecule has 0 aliphatic heterocycles. The van der Waals surface area contributed by atoms with Crippen LogP contribution in [0.4, 0.5) is 0 Å². The molecule has 0 saturated carbocycles. The molecular weight excluding hydrogens is 328 g/mol. The Bertz CT molecular complexity index is 657. The molecule has 6 heteroatoms. The van der Waals surface area contributed by atoms with E-state index in [0.717, 1.165) is 11.1 Å². The van der Waals surface area contributed by atoms with E-state index in [1.54, 1.807) is 12.1 Å². The molecule has 0 aliphatic rings. The monoisotopic (exact) mass is 346 g/mol. The first-order chi connectivity index (χ1) is 11.6. The number of aryl methyl sites for hydroxylation is 2. The standard InChI is InChI=1S/C18H19ClN2O3/c1-13-6-2-5-9-16(13)24-12-18(23)21-20-17(22)11-10-14-7-3-4-8-15(14)19/h2-9H,10-12H2,1H3,(H,20,22)(H,21,23). The van der Waals surface area contributed by atoms with Crippen LogP contribution in [-0.2, 0) is 16.0 Å². The number of nitrogens with one attached hydrogen (secondary N) is 2. The van der Waals surface area contributed by atoms with E-state index in [9.17, 15) is 9.59 Å². The average molecular weight is 347 g/mol. The molecule has 0 heterocycles. The summed E-state index contributed by atoms with van der Waals surface area (Å²) in [5, 5.41) is 0.626. The molecule has 2 N–H and O–H groups in total. The Morgan fingerprint density at radius 3 is 2.42 bits per heavy atom. The van der Waals surface area contributed by atoms with Crippen molar-refractivity contribution in [2.24, 2.45) is 0 Å². The minimum Gasteiger partial charge on any atom is -0.483 e. The minimum absolute atomic E-state index is 0.171. The van der Waals surface area contributed by atoms with Crippen LogP contribution in [-0.4, -0.2) is 18.4 Å². The van der Waals surface area contributed by atoms with Gasteiger partial charge in [-0.2, -0.15) is 0 Å². The van der Waals surface area contributed by atoms with Crippen LogP contribution in [0.25, 0.3) is 0 Å². The van der Waals surface area contributed by atoms with Gasteiger partial charge in [-0.25, -0.2) is 0 Å². The normalized spacial score (nSPS) is 10.1. The van der Waals surface area contributed by atoms with Gasteiger partial charge in [0.25, 0.3) is 5.91 Å². The molecule has 0 aromatic heterocycles. The fourth-order valence-electron chi connectivity index (χ4n) is 2.05. The lowest BCUT2D eigenvalue weighted by molar-refractivity contribution is -0.130. The van der Waals surface area contributed by atoms with Crippen molar-refractivity contribution in [3.05, 3.63) is 64.7 Å². The highest BCUT2D eigenvalue weighted by molar-refractivity contribution is 6.31. The van der Waals surface area contributed by atoms with E-state index in [0.29, 0.717) is 17.2 Å². The summed E-state index contributed by atoms with van der Waals surface area (Å²) in [5.74, 6) is -0.0822. The van der Waals surface area contributed by atoms with Crippen molar-refractivity contribution in [2.45, 2.75) is 19.8 Å². The third-order valence-electron chi connectivity index (χ3n) is 3.37. The third-order valence-corrected chi connectivity index (χ3v) is 3.74. The minimum atomic E-state index is -0.427. The quantitative estimate of drug-likeness (QED) is 0.790. The first-order valence-electron chi connectivity index (χ1n) is 7.56. The summed E-state index contributed by atoms with van der Waals surface area (Å²) >= 11 is 6.03. The second-order valence-corrected chi connectivity index (χ2v) is 5.65. The molecule has 2 rings (SSSR count). The summed E-state index contributed by atoms with van der Waals surface area (Å²) < 4.78 is 5.40. The lowest BCUT2D eigenvalue weighted by Gasteiger charge is -2.10. The summed E-state index contributed by atoms with van der Waals surface area (Å²) in [5.41, 5.74) is 6.52. The van der Waals surface area contributed by atoms with Gasteiger partial charge in [0.2, 0.25) is 5.91 Å². The molecule has 0 fully saturated rings. The molecule has 0 spiro atoms. The predicted octanol–water partition coefficient (Wildman–Crippen LogP) is 2.81. The Morgan fingerprint density at radius 2 is 1.67 bits per heavy atom. The van der Waals surface area contributed by atoms with E-state index in [1.807, 2.05) is 43.3 Å². The summed E-state index contributed by atoms with van der Waals surface area (Å²) in [6, 6.07) is 14.7. The number of para-hydroxylation sites is 1. The maximum absolute atomic E-state index is 11.8. The van der Waals surface area contributed by atoms with Crippen LogP contribution in [0.5, 0.6) is 5.75 Å². The zero-order valence-corrected chi connectivity index (χ0v) is 14.1. The highest BCUT2D eigenvalue weighted by atomic mass is 35.5. The van der Waals surface area contributed by atoms with Crippen LogP contribution in [0.3, 0.4) is 0 Å². The van der Waals surface area contributed by atoms with E-state index in [4.69, 9.17) is 16.3 Å². The zero-order valence-electron chi connectivity index (χ0n) is 13.3. The van der Waals surface area contributed by atoms with Gasteiger partial charge >= 0.3 is 0 Å². The number of hydrogen-bond acceptors (Lipinski definition) is 3. The van der Waals surface area contributed by atoms with Gasteiger partial charge in [0.15, 0.2) is 6.61 Å². The SMILES string of the molecule is Cc1ccccc1OCC(=O)NNC(=O)CCc1ccccc1Cl. The molecule has 2 aromatic rings. The zero-order chi connectivity index (χ0) is 17.4. The molecule has 0 saturated heterocycles. The number of rotatable bonds is 6. The van der Waals surface area contributed by atoms with Gasteiger partial charge in [-0.3, -0.25) is 20.4 Å². The van der Waals surface area contributed by atoms with Crippen molar-refractivity contribution in [1.29, 1.82) is 0 Å². The van der Waals surface area contributed by atoms with Crippen molar-refractivity contribution in [3.63, 3.8) is 0 Å². The van der Waals surface area contributed by atoms with Crippen molar-refractivity contribution < 1.29 is 14.3 Å². The van der Waals surface area contributed by atoms with Gasteiger partial charge in [-0.05, 0) is 36.6 Å². The van der Waals surface area contributed by atoms with Crippen LogP contribution in [0.15, 0.2) is 48.5 Å². The van der Waals surface area contributed by atoms with Gasteiger partial charge in [-0.1, -0.05) is 48.0 Å². The second-order valence-electron chi connectivity index (χ2n) is 5.24. The van der Waals surface area contributed by atoms with Crippen LogP contribution >= 0.6 is 11.6 Å². The first kappa shape index (κ1) is 17.8. The van der Waals surface area contributed by atoms with Crippen molar-refractivity contribution in [2.75, 3.05) is 6.61 Å². The first-order valence-corrected chi connectivity index (χ1v) is 7.93. The van der Waals surface area contributed by atoms with Crippen LogP contribution in [0.2, 0.25) is 5.02 Å². The summed E-state index contributed by atoms with van der Waals surface area (Å²) in [6.45, 7) is 1.72. The van der Waals surface area contributed by atoms with Gasteiger partial charge in [0.1, 0.15) is 5.75 Å². The Balaban J connectivity index is 1.69. The topological polar surface area (TPSA) is 67.4 Å². The summed E-state index contributed by atoms with van der Waals surface area (Å²) in [6.07, 6.45) is 0.726. The second kappa shape index (κ2) is 8.93. The molecule has 24 heavy (non-hydrogen) atoms. The van der Waals surface area contributed by atoms with E-state index in [1.165, 1.54) is 0 Å². The Labute approximate surface area is 145 Å². The van der Waals surface area contributed by atoms with Gasteiger partial charge in [0, 0.05) is 11.4 Å². The van der Waals surface area contributed by atoms with Crippen molar-refractivity contribution in [3.8, 4) is 5.75 Å². The number of hydrogen-bond donors (Lipinski definition) is 2. The van der Waals surface area contributed by atoms with Gasteiger partial charge in [-0.15, -0.1) is 0 Å². The van der Waals surface area contributed by atoms with Gasteiger partial charge in [0.05, 0.1) is 0 Å². The molecule has 2 aromatic carbocycles. The number of carbonyl (C=O) groups is 2. The Hall–Kier alpha value is -2.53. The Kier molecular flexibility index (Phi) is 6.63. The molecule has 0 unspecified atom stereocenters. The molecule has 2 amide bonds. The third kappa shape index (κ3) is 5.59. The van der Waals surface area contributed by atoms with E-state index in [-0.39, 0.29) is 18.9 Å². The molecular formula is C18H19ClN2O3. The fourth-order valence-corrected chi connectivity index (χ4v) is 2.28. The lowest BCUT2D eigenvalue weighted by atomic mass is 10.1. The number of carbonyl (C=O) groups excluding carboxylic acids is 2. The predicted molar refractivity (Wildman–Crippen MR) is 92.7 cm³/mol. The molecule has 0 atom stereocenters. The summed E-state index contributed by atoms with van der Waals surface area (Å²) in [4.78, 5) is 23.4. The van der Waals surface area contributed by atoms with Gasteiger partial charge < -0.3 is 4.74 Å². The van der Waals surface area contributed by atoms with Crippen molar-refractivity contribution in [1.82, 2.24) is 10.9 Å². The molecule has 0 radical (unpaired) electrons. The van der Waals surface area contributed by atoms with E-state index >= 15 is 0 Å². The lowest BCUT2D eigenvalue weighted by Crippen LogP contribution is -2.43. The smallest absolute Gasteiger partial charge is 0.276 e. The van der Waals surface area contributed by atoms with Crippen LogP contribution < -0.4 is 15.6 Å². The van der Waals surface area contributed by atoms with Crippen LogP contribution in [0.1, 0.15) is 17.5 Å². The number of benzene rings is 2. The molecule has 0 aliphatic carbocycles. The molecule has 126 valence electrons. The fraction of sp³-hybridized carbons (Fsp3) is 0.222. The van der Waals surface area contributed by atoms with Crippen molar-refractivity contribution >= 4 is 23.4 Å². The number of hydrazine groups is 1. The maximum Gasteiger partial charge on any atom is 0.276 e. The molecule has 5 nitrogen and oxygen atoms in total. The highest BCUT2D eigenvalue weighted by Gasteiger charge is 2.08. The van der Waals surface area contributed by atoms with Crippen LogP contribution in [0, 0.1) is 6.92 Å². The highest BCUT2D eigenvalue weighted by Crippen LogP contribution is 2.16. The maximum atomic E-state index is 11.8. The largest absolute Gasteiger partial charge is 0.483 e. The van der Waals surface area contributed by atoms with E-state index < -0.39 is 5.91 Å². The summed E-state index contributed by atoms with van der Waals surface area (Å²) in [7, 11) is 0. The number of amides is 2. The number of halogens is 1. The Morgan fingerprint density at radius 1 is 1.00 bits per heavy atom.